The minimum absolute atomic E-state index is 0.302. The van der Waals surface area contributed by atoms with E-state index in [9.17, 15) is 0 Å². The molecule has 0 spiro atoms. The van der Waals surface area contributed by atoms with Gasteiger partial charge in [-0.05, 0) is 43.1 Å². The summed E-state index contributed by atoms with van der Waals surface area (Å²) in [6, 6.07) is 12.1. The van der Waals surface area contributed by atoms with Crippen LogP contribution in [0, 0.1) is 0 Å². The van der Waals surface area contributed by atoms with Gasteiger partial charge in [-0.15, -0.1) is 0 Å². The largest absolute Gasteiger partial charge is 0.313 e. The molecule has 1 N–H and O–H groups in total. The van der Waals surface area contributed by atoms with Crippen LogP contribution < -0.4 is 5.32 Å². The quantitative estimate of drug-likeness (QED) is 0.809. The van der Waals surface area contributed by atoms with Crippen LogP contribution in [0.3, 0.4) is 0 Å². The van der Waals surface area contributed by atoms with Crippen molar-refractivity contribution in [1.82, 2.24) is 10.3 Å². The van der Waals surface area contributed by atoms with Crippen molar-refractivity contribution in [2.24, 2.45) is 0 Å². The second-order valence-electron chi connectivity index (χ2n) is 5.09. The summed E-state index contributed by atoms with van der Waals surface area (Å²) in [6.45, 7) is 3.15. The first-order valence-electron chi connectivity index (χ1n) is 7.27. The van der Waals surface area contributed by atoms with Crippen LogP contribution in [0.25, 0.3) is 0 Å². The molecule has 1 unspecified atom stereocenters. The fourth-order valence-electron chi connectivity index (χ4n) is 2.31. The molecule has 2 aromatic rings. The van der Waals surface area contributed by atoms with Gasteiger partial charge in [-0.2, -0.15) is 0 Å². The Labute approximate surface area is 136 Å². The lowest BCUT2D eigenvalue weighted by atomic mass is 10.0. The number of hydrogen-bond donors (Lipinski definition) is 1. The van der Waals surface area contributed by atoms with E-state index in [0.29, 0.717) is 16.1 Å². The molecule has 0 fully saturated rings. The maximum Gasteiger partial charge on any atom is 0.0624 e. The van der Waals surface area contributed by atoms with Crippen molar-refractivity contribution in [2.45, 2.75) is 32.2 Å². The number of pyridine rings is 1. The minimum Gasteiger partial charge on any atom is -0.313 e. The normalized spacial score (nSPS) is 12.3. The molecule has 0 aliphatic rings. The van der Waals surface area contributed by atoms with E-state index in [-0.39, 0.29) is 0 Å². The molecule has 0 amide bonds. The summed E-state index contributed by atoms with van der Waals surface area (Å²) in [4.78, 5) is 4.41. The Kier molecular flexibility index (Phi) is 6.50. The molecule has 0 bridgehead atoms. The highest BCUT2D eigenvalue weighted by atomic mass is 35.5. The minimum atomic E-state index is 0.302. The predicted octanol–water partition coefficient (Wildman–Crippen LogP) is 4.54. The number of nitrogens with zero attached hydrogens (tertiary/aromatic N) is 1. The van der Waals surface area contributed by atoms with Gasteiger partial charge in [0, 0.05) is 24.4 Å². The molecule has 0 aliphatic carbocycles. The van der Waals surface area contributed by atoms with Crippen molar-refractivity contribution in [1.29, 1.82) is 0 Å². The van der Waals surface area contributed by atoms with Gasteiger partial charge in [0.15, 0.2) is 0 Å². The Morgan fingerprint density at radius 1 is 1.10 bits per heavy atom. The van der Waals surface area contributed by atoms with Crippen LogP contribution in [-0.4, -0.2) is 17.6 Å². The van der Waals surface area contributed by atoms with Crippen LogP contribution in [0.15, 0.2) is 42.6 Å². The van der Waals surface area contributed by atoms with Crippen LogP contribution in [0.1, 0.15) is 24.6 Å². The topological polar surface area (TPSA) is 24.9 Å². The molecular formula is C17H20Cl2N2. The predicted molar refractivity (Wildman–Crippen MR) is 90.2 cm³/mol. The third-order valence-corrected chi connectivity index (χ3v) is 4.22. The Bertz CT molecular complexity index is 558. The fraction of sp³-hybridized carbons (Fsp3) is 0.353. The van der Waals surface area contributed by atoms with Gasteiger partial charge in [-0.3, -0.25) is 4.98 Å². The standard InChI is InChI=1S/C17H20Cl2N2/c1-2-9-20-15(12-14-7-3-4-10-21-14)11-13-6-5-8-16(18)17(13)19/h3-8,10,15,20H,2,9,11-12H2,1H3. The first-order valence-corrected chi connectivity index (χ1v) is 8.02. The van der Waals surface area contributed by atoms with Crippen LogP contribution in [0.4, 0.5) is 0 Å². The number of rotatable bonds is 7. The fourth-order valence-corrected chi connectivity index (χ4v) is 2.71. The van der Waals surface area contributed by atoms with E-state index in [1.54, 1.807) is 0 Å². The first kappa shape index (κ1) is 16.3. The molecule has 2 rings (SSSR count). The Hall–Kier alpha value is -1.09. The van der Waals surface area contributed by atoms with Gasteiger partial charge in [-0.1, -0.05) is 48.3 Å². The SMILES string of the molecule is CCCNC(Cc1ccccn1)Cc1cccc(Cl)c1Cl. The maximum absolute atomic E-state index is 6.30. The zero-order chi connectivity index (χ0) is 15.1. The van der Waals surface area contributed by atoms with Crippen molar-refractivity contribution in [2.75, 3.05) is 6.54 Å². The summed E-state index contributed by atoms with van der Waals surface area (Å²) >= 11 is 12.4. The van der Waals surface area contributed by atoms with E-state index >= 15 is 0 Å². The maximum atomic E-state index is 6.30. The molecule has 0 saturated heterocycles. The van der Waals surface area contributed by atoms with E-state index in [4.69, 9.17) is 23.2 Å². The number of nitrogens with one attached hydrogen (secondary N) is 1. The van der Waals surface area contributed by atoms with Gasteiger partial charge < -0.3 is 5.32 Å². The van der Waals surface area contributed by atoms with E-state index < -0.39 is 0 Å². The summed E-state index contributed by atoms with van der Waals surface area (Å²) in [5, 5.41) is 4.84. The lowest BCUT2D eigenvalue weighted by molar-refractivity contribution is 0.500. The number of halogens is 2. The van der Waals surface area contributed by atoms with Gasteiger partial charge in [0.2, 0.25) is 0 Å². The summed E-state index contributed by atoms with van der Waals surface area (Å²) in [5.74, 6) is 0. The average molecular weight is 323 g/mol. The summed E-state index contributed by atoms with van der Waals surface area (Å²) in [7, 11) is 0. The monoisotopic (exact) mass is 322 g/mol. The van der Waals surface area contributed by atoms with Gasteiger partial charge in [0.1, 0.15) is 0 Å². The number of benzene rings is 1. The van der Waals surface area contributed by atoms with Crippen LogP contribution in [0.5, 0.6) is 0 Å². The van der Waals surface area contributed by atoms with E-state index in [2.05, 4.69) is 23.3 Å². The van der Waals surface area contributed by atoms with Crippen molar-refractivity contribution >= 4 is 23.2 Å². The molecule has 1 heterocycles. The summed E-state index contributed by atoms with van der Waals surface area (Å²) in [6.07, 6.45) is 4.65. The van der Waals surface area contributed by atoms with E-state index in [1.807, 2.05) is 36.5 Å². The molecule has 1 atom stereocenters. The van der Waals surface area contributed by atoms with Gasteiger partial charge in [0.25, 0.3) is 0 Å². The molecular weight excluding hydrogens is 303 g/mol. The molecule has 21 heavy (non-hydrogen) atoms. The van der Waals surface area contributed by atoms with E-state index in [0.717, 1.165) is 37.1 Å². The van der Waals surface area contributed by atoms with Crippen molar-refractivity contribution in [3.63, 3.8) is 0 Å². The van der Waals surface area contributed by atoms with Gasteiger partial charge in [0.05, 0.1) is 10.0 Å². The lowest BCUT2D eigenvalue weighted by Gasteiger charge is -2.19. The first-order chi connectivity index (χ1) is 10.2. The lowest BCUT2D eigenvalue weighted by Crippen LogP contribution is -2.34. The molecule has 2 nitrogen and oxygen atoms in total. The highest BCUT2D eigenvalue weighted by molar-refractivity contribution is 6.42. The van der Waals surface area contributed by atoms with Crippen LogP contribution >= 0.6 is 23.2 Å². The second-order valence-corrected chi connectivity index (χ2v) is 5.88. The molecule has 112 valence electrons. The van der Waals surface area contributed by atoms with Gasteiger partial charge in [-0.25, -0.2) is 0 Å². The van der Waals surface area contributed by atoms with Gasteiger partial charge >= 0.3 is 0 Å². The highest BCUT2D eigenvalue weighted by Crippen LogP contribution is 2.26. The second kappa shape index (κ2) is 8.38. The molecule has 0 aliphatic heterocycles. The van der Waals surface area contributed by atoms with E-state index in [1.165, 1.54) is 0 Å². The van der Waals surface area contributed by atoms with Crippen molar-refractivity contribution in [3.8, 4) is 0 Å². The molecule has 0 saturated carbocycles. The average Bonchev–Trinajstić information content (AvgIpc) is 2.50. The molecule has 1 aromatic carbocycles. The summed E-state index contributed by atoms with van der Waals surface area (Å²) in [5.41, 5.74) is 2.16. The number of aromatic nitrogens is 1. The van der Waals surface area contributed by atoms with Crippen LogP contribution in [0.2, 0.25) is 10.0 Å². The Morgan fingerprint density at radius 2 is 1.95 bits per heavy atom. The highest BCUT2D eigenvalue weighted by Gasteiger charge is 2.13. The zero-order valence-electron chi connectivity index (χ0n) is 12.2. The smallest absolute Gasteiger partial charge is 0.0624 e. The summed E-state index contributed by atoms with van der Waals surface area (Å²) < 4.78 is 0. The third-order valence-electron chi connectivity index (χ3n) is 3.36. The van der Waals surface area contributed by atoms with Crippen molar-refractivity contribution in [3.05, 3.63) is 63.9 Å². The Morgan fingerprint density at radius 3 is 2.67 bits per heavy atom. The zero-order valence-corrected chi connectivity index (χ0v) is 13.7. The number of hydrogen-bond acceptors (Lipinski definition) is 2. The Balaban J connectivity index is 2.10. The van der Waals surface area contributed by atoms with Crippen molar-refractivity contribution < 1.29 is 0 Å². The van der Waals surface area contributed by atoms with Crippen LogP contribution in [-0.2, 0) is 12.8 Å². The molecule has 0 radical (unpaired) electrons. The third kappa shape index (κ3) is 4.99. The molecule has 4 heteroatoms. The molecule has 1 aromatic heterocycles.